The smallest absolute Gasteiger partial charge is 0.250 e. The van der Waals surface area contributed by atoms with Gasteiger partial charge in [0.25, 0.3) is 0 Å². The molecule has 0 aromatic heterocycles. The molecule has 1 spiro atoms. The van der Waals surface area contributed by atoms with Crippen molar-refractivity contribution in [3.05, 3.63) is 77.6 Å². The number of likely N-dealkylation sites (tertiary alicyclic amines) is 1. The number of aliphatic hydroxyl groups is 1. The first-order valence-electron chi connectivity index (χ1n) is 12.5. The van der Waals surface area contributed by atoms with Crippen molar-refractivity contribution < 1.29 is 14.3 Å². The molecule has 35 heavy (non-hydrogen) atoms. The van der Waals surface area contributed by atoms with Crippen molar-refractivity contribution in [1.82, 2.24) is 9.80 Å². The van der Waals surface area contributed by atoms with E-state index in [1.165, 1.54) is 34.0 Å². The molecule has 6 nitrogen and oxygen atoms in total. The number of rotatable bonds is 5. The first kappa shape index (κ1) is 22.5. The zero-order valence-electron chi connectivity index (χ0n) is 19.7. The summed E-state index contributed by atoms with van der Waals surface area (Å²) in [6, 6.07) is 19.8. The third-order valence-corrected chi connectivity index (χ3v) is 8.22. The number of piperidine rings is 1. The summed E-state index contributed by atoms with van der Waals surface area (Å²) in [7, 11) is 0. The van der Waals surface area contributed by atoms with Crippen LogP contribution in [0.15, 0.2) is 60.7 Å². The van der Waals surface area contributed by atoms with Crippen LogP contribution >= 0.6 is 0 Å². The monoisotopic (exact) mass is 474 g/mol. The number of amides is 1. The highest BCUT2D eigenvalue weighted by atomic mass is 19.1. The molecule has 3 aromatic carbocycles. The van der Waals surface area contributed by atoms with Gasteiger partial charge in [-0.25, -0.2) is 4.39 Å². The summed E-state index contributed by atoms with van der Waals surface area (Å²) in [5.41, 5.74) is 8.55. The fourth-order valence-corrected chi connectivity index (χ4v) is 6.43. The van der Waals surface area contributed by atoms with E-state index in [2.05, 4.69) is 46.2 Å². The highest BCUT2D eigenvalue weighted by Gasteiger charge is 2.54. The highest BCUT2D eigenvalue weighted by Crippen LogP contribution is 2.45. The molecule has 1 aliphatic carbocycles. The number of hydrogen-bond acceptors (Lipinski definition) is 5. The van der Waals surface area contributed by atoms with Gasteiger partial charge in [0.15, 0.2) is 0 Å². The third-order valence-electron chi connectivity index (χ3n) is 8.22. The van der Waals surface area contributed by atoms with Crippen LogP contribution in [0.2, 0.25) is 0 Å². The molecular weight excluding hydrogens is 443 g/mol. The first-order valence-corrected chi connectivity index (χ1v) is 12.5. The van der Waals surface area contributed by atoms with Crippen molar-refractivity contribution in [1.29, 1.82) is 0 Å². The Hall–Kier alpha value is -3.00. The number of carbonyl (C=O) groups is 1. The molecule has 2 saturated heterocycles. The largest absolute Gasteiger partial charge is 0.390 e. The minimum absolute atomic E-state index is 0.0331. The molecule has 7 heteroatoms. The Bertz CT molecular complexity index is 1250. The molecule has 2 atom stereocenters. The van der Waals surface area contributed by atoms with Crippen LogP contribution in [-0.2, 0) is 11.2 Å². The van der Waals surface area contributed by atoms with Crippen molar-refractivity contribution in [2.45, 2.75) is 36.9 Å². The SMILES string of the molecule is NCC(O)CN1CN(c2ccc(F)cc2)C2(CCN(C3Cc4cccc5cccc3c45)CC2)C1=O. The number of halogens is 1. The second kappa shape index (κ2) is 8.59. The lowest BCUT2D eigenvalue weighted by Crippen LogP contribution is -2.57. The van der Waals surface area contributed by atoms with E-state index < -0.39 is 11.6 Å². The summed E-state index contributed by atoms with van der Waals surface area (Å²) in [6.45, 7) is 2.28. The topological polar surface area (TPSA) is 73.0 Å². The molecule has 0 saturated carbocycles. The van der Waals surface area contributed by atoms with E-state index in [0.29, 0.717) is 25.6 Å². The van der Waals surface area contributed by atoms with Gasteiger partial charge in [-0.15, -0.1) is 0 Å². The van der Waals surface area contributed by atoms with Crippen LogP contribution in [0.1, 0.15) is 30.0 Å². The van der Waals surface area contributed by atoms with Crippen molar-refractivity contribution in [2.24, 2.45) is 5.73 Å². The number of carbonyl (C=O) groups excluding carboxylic acids is 1. The first-order chi connectivity index (χ1) is 17.0. The summed E-state index contributed by atoms with van der Waals surface area (Å²) in [5.74, 6) is -0.265. The Morgan fingerprint density at radius 1 is 1.06 bits per heavy atom. The van der Waals surface area contributed by atoms with Crippen LogP contribution in [0.25, 0.3) is 10.8 Å². The molecule has 0 bridgehead atoms. The quantitative estimate of drug-likeness (QED) is 0.595. The maximum Gasteiger partial charge on any atom is 0.250 e. The highest BCUT2D eigenvalue weighted by molar-refractivity contribution is 5.94. The Labute approximate surface area is 204 Å². The van der Waals surface area contributed by atoms with Gasteiger partial charge in [-0.1, -0.05) is 36.4 Å². The van der Waals surface area contributed by atoms with Crippen molar-refractivity contribution in [2.75, 3.05) is 37.7 Å². The average Bonchev–Trinajstić information content (AvgIpc) is 3.38. The molecule has 3 aliphatic rings. The minimum atomic E-state index is -0.762. The molecule has 2 unspecified atom stereocenters. The lowest BCUT2D eigenvalue weighted by molar-refractivity contribution is -0.134. The molecule has 3 N–H and O–H groups in total. The summed E-state index contributed by atoms with van der Waals surface area (Å²) in [5, 5.41) is 12.8. The Morgan fingerprint density at radius 3 is 2.49 bits per heavy atom. The number of benzene rings is 3. The molecule has 2 heterocycles. The lowest BCUT2D eigenvalue weighted by atomic mass is 9.84. The van der Waals surface area contributed by atoms with Gasteiger partial charge in [-0.2, -0.15) is 0 Å². The van der Waals surface area contributed by atoms with Gasteiger partial charge >= 0.3 is 0 Å². The molecule has 2 aliphatic heterocycles. The Balaban J connectivity index is 1.27. The number of anilines is 1. The Morgan fingerprint density at radius 2 is 1.77 bits per heavy atom. The van der Waals surface area contributed by atoms with E-state index in [9.17, 15) is 14.3 Å². The molecule has 1 amide bonds. The van der Waals surface area contributed by atoms with Gasteiger partial charge in [-0.3, -0.25) is 9.69 Å². The predicted molar refractivity (Wildman–Crippen MR) is 134 cm³/mol. The van der Waals surface area contributed by atoms with Crippen molar-refractivity contribution >= 4 is 22.4 Å². The van der Waals surface area contributed by atoms with E-state index in [0.717, 1.165) is 25.2 Å². The predicted octanol–water partition coefficient (Wildman–Crippen LogP) is 3.04. The molecule has 182 valence electrons. The standard InChI is InChI=1S/C28H31FN4O2/c29-21-7-9-22(10-8-21)33-18-32(17-23(34)16-30)27(35)28(33)11-13-31(14-12-28)25-15-20-5-1-3-19-4-2-6-24(25)26(19)20/h1-10,23,25,34H,11-18,30H2. The zero-order valence-corrected chi connectivity index (χ0v) is 19.7. The van der Waals surface area contributed by atoms with Crippen LogP contribution in [-0.4, -0.2) is 65.3 Å². The average molecular weight is 475 g/mol. The van der Waals surface area contributed by atoms with Gasteiger partial charge < -0.3 is 20.6 Å². The van der Waals surface area contributed by atoms with E-state index >= 15 is 0 Å². The second-order valence-electron chi connectivity index (χ2n) is 10.1. The van der Waals surface area contributed by atoms with E-state index in [1.54, 1.807) is 17.0 Å². The van der Waals surface area contributed by atoms with Crippen LogP contribution < -0.4 is 10.6 Å². The van der Waals surface area contributed by atoms with Crippen LogP contribution in [0.3, 0.4) is 0 Å². The number of nitrogens with two attached hydrogens (primary N) is 1. The van der Waals surface area contributed by atoms with Crippen molar-refractivity contribution in [3.8, 4) is 0 Å². The minimum Gasteiger partial charge on any atom is -0.390 e. The Kier molecular flexibility index (Phi) is 5.51. The number of hydrogen-bond donors (Lipinski definition) is 2. The van der Waals surface area contributed by atoms with E-state index in [1.807, 2.05) is 0 Å². The van der Waals surface area contributed by atoms with Crippen molar-refractivity contribution in [3.63, 3.8) is 0 Å². The lowest BCUT2D eigenvalue weighted by Gasteiger charge is -2.45. The fourth-order valence-electron chi connectivity index (χ4n) is 6.43. The van der Waals surface area contributed by atoms with Gasteiger partial charge in [0.2, 0.25) is 5.91 Å². The third kappa shape index (κ3) is 3.61. The summed E-state index contributed by atoms with van der Waals surface area (Å²) >= 11 is 0. The van der Waals surface area contributed by atoms with E-state index in [-0.39, 0.29) is 24.8 Å². The molecular formula is C28H31FN4O2. The summed E-state index contributed by atoms with van der Waals surface area (Å²) in [6.07, 6.45) is 1.60. The fraction of sp³-hybridized carbons (Fsp3) is 0.393. The zero-order chi connectivity index (χ0) is 24.2. The van der Waals surface area contributed by atoms with Gasteiger partial charge in [0, 0.05) is 37.9 Å². The van der Waals surface area contributed by atoms with Crippen LogP contribution in [0.5, 0.6) is 0 Å². The molecule has 3 aromatic rings. The number of β-amino-alcohol motifs (C(OH)–C–C–N with tert-alkyl or cyclic N) is 1. The number of aliphatic hydroxyl groups excluding tert-OH is 1. The van der Waals surface area contributed by atoms with Gasteiger partial charge in [0.1, 0.15) is 11.4 Å². The maximum absolute atomic E-state index is 13.8. The van der Waals surface area contributed by atoms with Gasteiger partial charge in [-0.05, 0) is 65.4 Å². The van der Waals surface area contributed by atoms with Gasteiger partial charge in [0.05, 0.1) is 12.8 Å². The summed E-state index contributed by atoms with van der Waals surface area (Å²) in [4.78, 5) is 20.1. The summed E-state index contributed by atoms with van der Waals surface area (Å²) < 4.78 is 13.7. The van der Waals surface area contributed by atoms with Crippen LogP contribution in [0, 0.1) is 5.82 Å². The molecule has 6 rings (SSSR count). The number of nitrogens with zero attached hydrogens (tertiary/aromatic N) is 3. The second-order valence-corrected chi connectivity index (χ2v) is 10.1. The molecule has 0 radical (unpaired) electrons. The van der Waals surface area contributed by atoms with E-state index in [4.69, 9.17) is 5.73 Å². The van der Waals surface area contributed by atoms with Crippen LogP contribution in [0.4, 0.5) is 10.1 Å². The molecule has 2 fully saturated rings. The normalized spacial score (nSPS) is 22.5. The maximum atomic E-state index is 13.8.